The summed E-state index contributed by atoms with van der Waals surface area (Å²) in [4.78, 5) is 24.9. The third kappa shape index (κ3) is 1.77. The fraction of sp³-hybridized carbons (Fsp3) is 0.636. The third-order valence-corrected chi connectivity index (χ3v) is 3.66. The molecule has 1 aliphatic rings. The third-order valence-electron chi connectivity index (χ3n) is 3.66. The maximum atomic E-state index is 11.6. The van der Waals surface area contributed by atoms with Gasteiger partial charge in [0.05, 0.1) is 0 Å². The van der Waals surface area contributed by atoms with E-state index in [4.69, 9.17) is 5.73 Å². The molecule has 3 N–H and O–H groups in total. The van der Waals surface area contributed by atoms with Gasteiger partial charge in [0, 0.05) is 12.6 Å². The second-order valence-corrected chi connectivity index (χ2v) is 4.97. The number of nitrogens with one attached hydrogen (secondary N) is 1. The number of anilines is 1. The zero-order valence-corrected chi connectivity index (χ0v) is 9.62. The maximum Gasteiger partial charge on any atom is 0.329 e. The molecule has 1 fully saturated rings. The van der Waals surface area contributed by atoms with Gasteiger partial charge >= 0.3 is 5.69 Å². The molecule has 0 atom stereocenters. The van der Waals surface area contributed by atoms with E-state index in [1.807, 2.05) is 0 Å². The highest BCUT2D eigenvalue weighted by Crippen LogP contribution is 2.53. The highest BCUT2D eigenvalue weighted by molar-refractivity contribution is 5.26. The average Bonchev–Trinajstić information content (AvgIpc) is 2.92. The first kappa shape index (κ1) is 11.0. The van der Waals surface area contributed by atoms with Crippen molar-refractivity contribution in [3.05, 3.63) is 26.9 Å². The van der Waals surface area contributed by atoms with E-state index in [2.05, 4.69) is 18.8 Å². The predicted octanol–water partition coefficient (Wildman–Crippen LogP) is 0.555. The molecule has 1 aromatic heterocycles. The number of rotatable bonds is 3. The summed E-state index contributed by atoms with van der Waals surface area (Å²) >= 11 is 0. The fourth-order valence-corrected chi connectivity index (χ4v) is 2.10. The Kier molecular flexibility index (Phi) is 2.40. The van der Waals surface area contributed by atoms with Crippen molar-refractivity contribution in [2.24, 2.45) is 11.3 Å². The number of nitrogens with two attached hydrogens (primary N) is 1. The van der Waals surface area contributed by atoms with E-state index in [1.165, 1.54) is 10.6 Å². The van der Waals surface area contributed by atoms with Crippen LogP contribution in [0.2, 0.25) is 0 Å². The lowest BCUT2D eigenvalue weighted by Gasteiger charge is -2.21. The number of aromatic amines is 1. The van der Waals surface area contributed by atoms with Crippen LogP contribution in [0.4, 0.5) is 5.82 Å². The Morgan fingerprint density at radius 2 is 2.12 bits per heavy atom. The molecule has 0 unspecified atom stereocenters. The second-order valence-electron chi connectivity index (χ2n) is 4.97. The summed E-state index contributed by atoms with van der Waals surface area (Å²) in [7, 11) is 0. The van der Waals surface area contributed by atoms with Crippen molar-refractivity contribution in [2.45, 2.75) is 33.2 Å². The monoisotopic (exact) mass is 223 g/mol. The van der Waals surface area contributed by atoms with Gasteiger partial charge < -0.3 is 5.73 Å². The molecule has 0 aliphatic heterocycles. The van der Waals surface area contributed by atoms with Crippen LogP contribution < -0.4 is 17.0 Å². The summed E-state index contributed by atoms with van der Waals surface area (Å²) in [5.74, 6) is 0.770. The van der Waals surface area contributed by atoms with Gasteiger partial charge in [0.25, 0.3) is 5.56 Å². The molecule has 0 aromatic carbocycles. The van der Waals surface area contributed by atoms with E-state index in [0.29, 0.717) is 12.5 Å². The van der Waals surface area contributed by atoms with Crippen LogP contribution in [-0.2, 0) is 6.54 Å². The van der Waals surface area contributed by atoms with Gasteiger partial charge in [-0.1, -0.05) is 13.8 Å². The molecule has 0 radical (unpaired) electrons. The van der Waals surface area contributed by atoms with Crippen molar-refractivity contribution in [3.63, 3.8) is 0 Å². The molecule has 5 nitrogen and oxygen atoms in total. The van der Waals surface area contributed by atoms with E-state index in [0.717, 1.165) is 12.8 Å². The lowest BCUT2D eigenvalue weighted by Crippen LogP contribution is -2.34. The molecule has 1 aliphatic carbocycles. The Bertz CT molecular complexity index is 509. The van der Waals surface area contributed by atoms with Crippen molar-refractivity contribution in [1.29, 1.82) is 0 Å². The molecule has 2 rings (SSSR count). The van der Waals surface area contributed by atoms with Gasteiger partial charge in [-0.25, -0.2) is 4.79 Å². The summed E-state index contributed by atoms with van der Waals surface area (Å²) in [6.07, 6.45) is 2.24. The molecule has 5 heteroatoms. The van der Waals surface area contributed by atoms with Crippen LogP contribution >= 0.6 is 0 Å². The zero-order chi connectivity index (χ0) is 11.9. The van der Waals surface area contributed by atoms with Crippen molar-refractivity contribution >= 4 is 5.82 Å². The standard InChI is InChI=1S/C11H17N3O2/c1-7(2)11(3-4-11)6-14-8(12)5-9(15)13-10(14)16/h5,7H,3-4,6,12H2,1-2H3,(H,13,15,16). The van der Waals surface area contributed by atoms with E-state index in [1.54, 1.807) is 0 Å². The van der Waals surface area contributed by atoms with Gasteiger partial charge in [-0.2, -0.15) is 0 Å². The SMILES string of the molecule is CC(C)C1(Cn2c(N)cc(=O)[nH]c2=O)CC1. The van der Waals surface area contributed by atoms with Crippen LogP contribution in [0.5, 0.6) is 0 Å². The van der Waals surface area contributed by atoms with E-state index >= 15 is 0 Å². The first-order valence-corrected chi connectivity index (χ1v) is 5.54. The van der Waals surface area contributed by atoms with Crippen LogP contribution in [0.15, 0.2) is 15.7 Å². The quantitative estimate of drug-likeness (QED) is 0.785. The number of hydrogen-bond donors (Lipinski definition) is 2. The van der Waals surface area contributed by atoms with Crippen molar-refractivity contribution < 1.29 is 0 Å². The van der Waals surface area contributed by atoms with Crippen molar-refractivity contribution in [1.82, 2.24) is 9.55 Å². The molecule has 0 saturated heterocycles. The van der Waals surface area contributed by atoms with Gasteiger partial charge in [-0.15, -0.1) is 0 Å². The van der Waals surface area contributed by atoms with Gasteiger partial charge in [0.2, 0.25) is 0 Å². The van der Waals surface area contributed by atoms with Crippen LogP contribution in [0.25, 0.3) is 0 Å². The number of H-pyrrole nitrogens is 1. The summed E-state index contributed by atoms with van der Waals surface area (Å²) in [5, 5.41) is 0. The molecular weight excluding hydrogens is 206 g/mol. The van der Waals surface area contributed by atoms with E-state index in [9.17, 15) is 9.59 Å². The van der Waals surface area contributed by atoms with Gasteiger partial charge in [-0.3, -0.25) is 14.3 Å². The predicted molar refractivity (Wildman–Crippen MR) is 62.2 cm³/mol. The Labute approximate surface area is 93.3 Å². The Morgan fingerprint density at radius 3 is 2.56 bits per heavy atom. The minimum atomic E-state index is -0.437. The number of hydrogen-bond acceptors (Lipinski definition) is 3. The minimum absolute atomic E-state index is 0.191. The molecule has 1 saturated carbocycles. The van der Waals surface area contributed by atoms with Crippen LogP contribution in [0, 0.1) is 11.3 Å². The van der Waals surface area contributed by atoms with E-state index < -0.39 is 11.2 Å². The summed E-state index contributed by atoms with van der Waals surface area (Å²) in [6.45, 7) is 4.91. The molecule has 0 spiro atoms. The Morgan fingerprint density at radius 1 is 1.50 bits per heavy atom. The number of nitrogen functional groups attached to an aromatic ring is 1. The number of nitrogens with zero attached hydrogens (tertiary/aromatic N) is 1. The summed E-state index contributed by atoms with van der Waals surface area (Å²) in [5.41, 5.74) is 5.05. The second kappa shape index (κ2) is 3.50. The molecule has 88 valence electrons. The minimum Gasteiger partial charge on any atom is -0.385 e. The Hall–Kier alpha value is -1.52. The largest absolute Gasteiger partial charge is 0.385 e. The lowest BCUT2D eigenvalue weighted by atomic mass is 9.92. The molecular formula is C11H17N3O2. The smallest absolute Gasteiger partial charge is 0.329 e. The summed E-state index contributed by atoms with van der Waals surface area (Å²) in [6, 6.07) is 1.26. The highest BCUT2D eigenvalue weighted by Gasteiger charge is 2.45. The highest BCUT2D eigenvalue weighted by atomic mass is 16.2. The zero-order valence-electron chi connectivity index (χ0n) is 9.62. The van der Waals surface area contributed by atoms with Crippen molar-refractivity contribution in [3.8, 4) is 0 Å². The van der Waals surface area contributed by atoms with Crippen molar-refractivity contribution in [2.75, 3.05) is 5.73 Å². The first-order valence-electron chi connectivity index (χ1n) is 5.54. The molecule has 1 heterocycles. The van der Waals surface area contributed by atoms with Crippen LogP contribution in [0.1, 0.15) is 26.7 Å². The van der Waals surface area contributed by atoms with Gasteiger partial charge in [-0.05, 0) is 24.2 Å². The van der Waals surface area contributed by atoms with Gasteiger partial charge in [0.1, 0.15) is 5.82 Å². The van der Waals surface area contributed by atoms with Gasteiger partial charge in [0.15, 0.2) is 0 Å². The maximum absolute atomic E-state index is 11.6. The molecule has 0 amide bonds. The fourth-order valence-electron chi connectivity index (χ4n) is 2.10. The lowest BCUT2D eigenvalue weighted by molar-refractivity contribution is 0.305. The topological polar surface area (TPSA) is 80.9 Å². The Balaban J connectivity index is 2.36. The normalized spacial score (nSPS) is 17.7. The molecule has 1 aromatic rings. The first-order chi connectivity index (χ1) is 7.44. The van der Waals surface area contributed by atoms with Crippen LogP contribution in [-0.4, -0.2) is 9.55 Å². The average molecular weight is 223 g/mol. The number of aromatic nitrogens is 2. The van der Waals surface area contributed by atoms with E-state index in [-0.39, 0.29) is 11.2 Å². The molecule has 0 bridgehead atoms. The molecule has 16 heavy (non-hydrogen) atoms. The van der Waals surface area contributed by atoms with Crippen LogP contribution in [0.3, 0.4) is 0 Å². The summed E-state index contributed by atoms with van der Waals surface area (Å²) < 4.78 is 1.47.